The van der Waals surface area contributed by atoms with Crippen LogP contribution in [0.15, 0.2) is 113 Å². The smallest absolute Gasteiger partial charge is 0.269 e. The third-order valence-corrected chi connectivity index (χ3v) is 7.07. The van der Waals surface area contributed by atoms with Crippen LogP contribution in [0, 0.1) is 10.1 Å². The minimum Gasteiger partial charge on any atom is -0.286 e. The zero-order chi connectivity index (χ0) is 28.1. The van der Waals surface area contributed by atoms with Gasteiger partial charge in [-0.15, -0.1) is 10.2 Å². The largest absolute Gasteiger partial charge is 0.286 e. The van der Waals surface area contributed by atoms with Gasteiger partial charge in [0.05, 0.1) is 15.6 Å². The lowest BCUT2D eigenvalue weighted by Gasteiger charge is -2.12. The predicted molar refractivity (Wildman–Crippen MR) is 158 cm³/mol. The molecule has 40 heavy (non-hydrogen) atoms. The number of carbonyl (C=O) groups is 1. The summed E-state index contributed by atoms with van der Waals surface area (Å²) in [5.74, 6) is 0.0962. The molecule has 0 unspecified atom stereocenters. The van der Waals surface area contributed by atoms with Crippen LogP contribution in [0.5, 0.6) is 0 Å². The third kappa shape index (κ3) is 6.04. The molecule has 0 aliphatic carbocycles. The van der Waals surface area contributed by atoms with E-state index in [1.165, 1.54) is 24.3 Å². The van der Waals surface area contributed by atoms with Crippen molar-refractivity contribution < 1.29 is 9.72 Å². The van der Waals surface area contributed by atoms with E-state index in [4.69, 9.17) is 23.2 Å². The number of Topliss-reactive ketones (excluding diaryl/α,β-unsaturated/α-hetero) is 1. The normalized spacial score (nSPS) is 11.3. The first kappa shape index (κ1) is 27.1. The number of hydrazone groups is 1. The van der Waals surface area contributed by atoms with E-state index in [1.54, 1.807) is 47.0 Å². The van der Waals surface area contributed by atoms with Crippen molar-refractivity contribution in [3.05, 3.63) is 129 Å². The zero-order valence-electron chi connectivity index (χ0n) is 20.4. The Bertz CT molecular complexity index is 1710. The first-order valence-corrected chi connectivity index (χ1v) is 13.3. The molecular weight excluding hydrogens is 571 g/mol. The number of anilines is 1. The van der Waals surface area contributed by atoms with Crippen LogP contribution in [-0.4, -0.2) is 30.5 Å². The lowest BCUT2D eigenvalue weighted by molar-refractivity contribution is -0.384. The molecule has 0 amide bonds. The fraction of sp³-hybridized carbons (Fsp3) is 0. The van der Waals surface area contributed by atoms with Crippen LogP contribution in [0.1, 0.15) is 10.4 Å². The monoisotopic (exact) mass is 588 g/mol. The quantitative estimate of drug-likeness (QED) is 0.0496. The topological polar surface area (TPSA) is 115 Å². The minimum absolute atomic E-state index is 0.0613. The van der Waals surface area contributed by atoms with Gasteiger partial charge in [0.15, 0.2) is 10.9 Å². The molecule has 0 saturated carbocycles. The van der Waals surface area contributed by atoms with Gasteiger partial charge < -0.3 is 0 Å². The first-order chi connectivity index (χ1) is 19.4. The van der Waals surface area contributed by atoms with E-state index >= 15 is 0 Å². The highest BCUT2D eigenvalue weighted by Crippen LogP contribution is 2.34. The number of non-ortho nitro benzene ring substituents is 1. The standard InChI is InChI=1S/C28H18Cl2N6O3S/c29-19-11-16-23(24(30)17-19)26-32-34-28(35(26)21-9-5-2-6-10-21)40-27(25(37)18-7-3-1-4-8-18)33-31-20-12-14-22(15-13-20)36(38)39/h1-17,31H/b33-27-. The number of rotatable bonds is 8. The highest BCUT2D eigenvalue weighted by Gasteiger charge is 2.24. The second-order valence-corrected chi connectivity index (χ2v) is 10.0. The van der Waals surface area contributed by atoms with Gasteiger partial charge in [-0.1, -0.05) is 71.7 Å². The number of ketones is 1. The lowest BCUT2D eigenvalue weighted by atomic mass is 10.1. The van der Waals surface area contributed by atoms with Crippen molar-refractivity contribution in [1.29, 1.82) is 0 Å². The number of carbonyl (C=O) groups excluding carboxylic acids is 1. The van der Waals surface area contributed by atoms with Gasteiger partial charge in [0.1, 0.15) is 0 Å². The summed E-state index contributed by atoms with van der Waals surface area (Å²) in [4.78, 5) is 24.1. The Morgan fingerprint density at radius 3 is 2.23 bits per heavy atom. The van der Waals surface area contributed by atoms with Crippen molar-refractivity contribution in [2.24, 2.45) is 5.10 Å². The molecule has 0 fully saturated rings. The Hall–Kier alpha value is -4.51. The summed E-state index contributed by atoms with van der Waals surface area (Å²) in [7, 11) is 0. The third-order valence-electron chi connectivity index (χ3n) is 5.60. The van der Waals surface area contributed by atoms with Gasteiger partial charge in [-0.05, 0) is 54.2 Å². The summed E-state index contributed by atoms with van der Waals surface area (Å²) < 4.78 is 1.78. The van der Waals surface area contributed by atoms with Gasteiger partial charge in [-0.2, -0.15) is 5.10 Å². The van der Waals surface area contributed by atoms with E-state index in [9.17, 15) is 14.9 Å². The molecule has 9 nitrogen and oxygen atoms in total. The average Bonchev–Trinajstić information content (AvgIpc) is 3.39. The molecule has 12 heteroatoms. The van der Waals surface area contributed by atoms with E-state index in [-0.39, 0.29) is 16.5 Å². The number of hydrogen-bond acceptors (Lipinski definition) is 8. The number of thioether (sulfide) groups is 1. The zero-order valence-corrected chi connectivity index (χ0v) is 22.8. The molecule has 4 aromatic carbocycles. The van der Waals surface area contributed by atoms with Crippen molar-refractivity contribution in [3.8, 4) is 17.1 Å². The molecule has 1 N–H and O–H groups in total. The molecule has 1 aromatic heterocycles. The van der Waals surface area contributed by atoms with Crippen molar-refractivity contribution in [1.82, 2.24) is 14.8 Å². The van der Waals surface area contributed by atoms with Crippen molar-refractivity contribution in [2.75, 3.05) is 5.43 Å². The van der Waals surface area contributed by atoms with E-state index in [2.05, 4.69) is 20.7 Å². The SMILES string of the molecule is O=C(/C(=N/Nc1ccc([N+](=O)[O-])cc1)Sc1nnc(-c2ccc(Cl)cc2Cl)n1-c1ccccc1)c1ccccc1. The number of aromatic nitrogens is 3. The van der Waals surface area contributed by atoms with E-state index in [0.29, 0.717) is 37.8 Å². The summed E-state index contributed by atoms with van der Waals surface area (Å²) in [6.45, 7) is 0. The number of benzene rings is 4. The predicted octanol–water partition coefficient (Wildman–Crippen LogP) is 7.55. The fourth-order valence-electron chi connectivity index (χ4n) is 3.68. The Labute approximate surface area is 242 Å². The van der Waals surface area contributed by atoms with Gasteiger partial charge in [0.25, 0.3) is 5.69 Å². The van der Waals surface area contributed by atoms with Crippen LogP contribution >= 0.6 is 35.0 Å². The first-order valence-electron chi connectivity index (χ1n) is 11.7. The Morgan fingerprint density at radius 2 is 1.57 bits per heavy atom. The number of nitrogens with one attached hydrogen (secondary N) is 1. The molecule has 0 radical (unpaired) electrons. The molecule has 5 rings (SSSR count). The number of para-hydroxylation sites is 1. The number of nitro benzene ring substituents is 1. The van der Waals surface area contributed by atoms with E-state index < -0.39 is 4.92 Å². The lowest BCUT2D eigenvalue weighted by Crippen LogP contribution is -2.14. The van der Waals surface area contributed by atoms with E-state index in [1.807, 2.05) is 36.4 Å². The highest BCUT2D eigenvalue weighted by molar-refractivity contribution is 8.15. The summed E-state index contributed by atoms with van der Waals surface area (Å²) in [6, 6.07) is 28.9. The van der Waals surface area contributed by atoms with Gasteiger partial charge in [-0.25, -0.2) is 0 Å². The van der Waals surface area contributed by atoms with Crippen molar-refractivity contribution in [2.45, 2.75) is 5.16 Å². The summed E-state index contributed by atoms with van der Waals surface area (Å²) in [5.41, 5.74) is 4.99. The van der Waals surface area contributed by atoms with Crippen LogP contribution in [0.25, 0.3) is 17.1 Å². The van der Waals surface area contributed by atoms with Gasteiger partial charge in [0.2, 0.25) is 10.9 Å². The number of halogens is 2. The minimum atomic E-state index is -0.492. The van der Waals surface area contributed by atoms with Crippen LogP contribution in [0.4, 0.5) is 11.4 Å². The maximum Gasteiger partial charge on any atom is 0.269 e. The molecule has 5 aromatic rings. The molecule has 0 saturated heterocycles. The molecule has 0 spiro atoms. The maximum absolute atomic E-state index is 13.6. The van der Waals surface area contributed by atoms with Gasteiger partial charge >= 0.3 is 0 Å². The number of nitro groups is 1. The van der Waals surface area contributed by atoms with Gasteiger partial charge in [0, 0.05) is 34.0 Å². The molecular formula is C28H18Cl2N6O3S. The number of hydrogen-bond donors (Lipinski definition) is 1. The number of nitrogens with zero attached hydrogens (tertiary/aromatic N) is 5. The molecule has 0 bridgehead atoms. The van der Waals surface area contributed by atoms with Crippen molar-refractivity contribution in [3.63, 3.8) is 0 Å². The fourth-order valence-corrected chi connectivity index (χ4v) is 5.02. The van der Waals surface area contributed by atoms with Gasteiger partial charge in [-0.3, -0.25) is 24.9 Å². The maximum atomic E-state index is 13.6. The van der Waals surface area contributed by atoms with Crippen LogP contribution in [-0.2, 0) is 0 Å². The Balaban J connectivity index is 1.57. The molecule has 0 aliphatic heterocycles. The molecule has 1 heterocycles. The van der Waals surface area contributed by atoms with Crippen LogP contribution < -0.4 is 5.43 Å². The Morgan fingerprint density at radius 1 is 0.900 bits per heavy atom. The van der Waals surface area contributed by atoms with E-state index in [0.717, 1.165) is 17.4 Å². The Kier molecular flexibility index (Phi) is 8.20. The highest BCUT2D eigenvalue weighted by atomic mass is 35.5. The molecule has 0 atom stereocenters. The second-order valence-electron chi connectivity index (χ2n) is 8.23. The van der Waals surface area contributed by atoms with Crippen LogP contribution in [0.2, 0.25) is 10.0 Å². The molecule has 198 valence electrons. The summed E-state index contributed by atoms with van der Waals surface area (Å²) >= 11 is 13.6. The summed E-state index contributed by atoms with van der Waals surface area (Å²) in [5, 5.41) is 25.5. The summed E-state index contributed by atoms with van der Waals surface area (Å²) in [6.07, 6.45) is 0. The second kappa shape index (κ2) is 12.1. The van der Waals surface area contributed by atoms with Crippen LogP contribution in [0.3, 0.4) is 0 Å². The average molecular weight is 589 g/mol. The molecule has 0 aliphatic rings. The van der Waals surface area contributed by atoms with Crippen molar-refractivity contribution >= 4 is 57.2 Å².